The lowest BCUT2D eigenvalue weighted by atomic mass is 10.1. The van der Waals surface area contributed by atoms with Crippen LogP contribution in [0.4, 0.5) is 5.69 Å². The van der Waals surface area contributed by atoms with Crippen molar-refractivity contribution >= 4 is 35.9 Å². The van der Waals surface area contributed by atoms with E-state index in [1.807, 2.05) is 0 Å². The Labute approximate surface area is 233 Å². The van der Waals surface area contributed by atoms with Crippen LogP contribution in [0.3, 0.4) is 0 Å². The summed E-state index contributed by atoms with van der Waals surface area (Å²) in [5, 5.41) is 30.0. The molecule has 1 aliphatic rings. The minimum absolute atomic E-state index is 0.0646. The van der Waals surface area contributed by atoms with Gasteiger partial charge in [0.25, 0.3) is 5.69 Å². The number of phosphoric acid groups is 3. The number of methoxy groups -OCH3 is 1. The molecule has 228 valence electrons. The zero-order valence-corrected chi connectivity index (χ0v) is 24.2. The Balaban J connectivity index is 1.56. The first kappa shape index (κ1) is 33.3. The number of rotatable bonds is 14. The Morgan fingerprint density at radius 3 is 2.12 bits per heavy atom. The van der Waals surface area contributed by atoms with Gasteiger partial charge in [-0.25, -0.2) is 13.7 Å². The van der Waals surface area contributed by atoms with E-state index in [1.165, 1.54) is 50.4 Å². The molecule has 1 aliphatic heterocycles. The fourth-order valence-electron chi connectivity index (χ4n) is 3.55. The third kappa shape index (κ3) is 9.40. The number of hydrogen-bond acceptors (Lipinski definition) is 13. The van der Waals surface area contributed by atoms with E-state index in [9.17, 15) is 43.8 Å². The molecular weight excluding hydrogens is 615 g/mol. The van der Waals surface area contributed by atoms with Gasteiger partial charge in [-0.05, 0) is 37.3 Å². The van der Waals surface area contributed by atoms with Gasteiger partial charge >= 0.3 is 23.5 Å². The molecule has 0 saturated carbocycles. The maximum absolute atomic E-state index is 12.3. The first-order chi connectivity index (χ1) is 19.0. The van der Waals surface area contributed by atoms with E-state index in [-0.39, 0.29) is 17.0 Å². The van der Waals surface area contributed by atoms with Crippen molar-refractivity contribution in [3.05, 3.63) is 54.1 Å². The van der Waals surface area contributed by atoms with Crippen LogP contribution < -0.4 is 9.47 Å². The molecule has 17 nitrogen and oxygen atoms in total. The minimum Gasteiger partial charge on any atom is -0.497 e. The Kier molecular flexibility index (Phi) is 10.9. The second kappa shape index (κ2) is 13.4. The van der Waals surface area contributed by atoms with Gasteiger partial charge in [0, 0.05) is 10.8 Å². The van der Waals surface area contributed by atoms with Crippen LogP contribution >= 0.6 is 23.5 Å². The summed E-state index contributed by atoms with van der Waals surface area (Å²) in [5.41, 5.74) is 0.189. The van der Waals surface area contributed by atoms with Gasteiger partial charge < -0.3 is 39.1 Å². The van der Waals surface area contributed by atoms with E-state index in [1.54, 1.807) is 12.1 Å². The summed E-state index contributed by atoms with van der Waals surface area (Å²) in [4.78, 5) is 29.6. The summed E-state index contributed by atoms with van der Waals surface area (Å²) in [6.45, 7) is 3.56. The lowest BCUT2D eigenvalue weighted by Crippen LogP contribution is -2.35. The third-order valence-electron chi connectivity index (χ3n) is 5.39. The standard InChI is InChI=1S/C21H28NO16P3/c1-13(16-6-4-5-7-17(16)22(2)25)36-40(28,29)38-41(30,31)37-39(26,27)33-12-18-19(23)20(24)21(35-18)34-15-10-8-14(32-3)9-11-15/h4-11,13,18-21,23-24H,2,12H2,1,3H3,(H3-,25,26,27,28,29,30,31)/p+1/t13?,18-,19-,20-,21-/m1/s1. The SMILES string of the molecule is C=[N+](O)c1ccccc1C(C)OP(=O)(O)OP(=O)(O)OP(=O)(O)OC[C@H]1O[C@@H](Oc2ccc(OC)cc2)[C@H](O)[C@@H]1O. The largest absolute Gasteiger partial charge is 0.497 e. The molecule has 1 heterocycles. The third-order valence-corrected chi connectivity index (χ3v) is 9.75. The molecule has 6 N–H and O–H groups in total. The van der Waals surface area contributed by atoms with Crippen molar-refractivity contribution in [1.82, 2.24) is 0 Å². The fraction of sp³-hybridized carbons (Fsp3) is 0.381. The van der Waals surface area contributed by atoms with Crippen LogP contribution in [0.1, 0.15) is 18.6 Å². The van der Waals surface area contributed by atoms with E-state index in [4.69, 9.17) is 18.7 Å². The quantitative estimate of drug-likeness (QED) is 0.0569. The average Bonchev–Trinajstić information content (AvgIpc) is 3.14. The Morgan fingerprint density at radius 1 is 0.927 bits per heavy atom. The second-order valence-corrected chi connectivity index (χ2v) is 13.0. The molecule has 0 aliphatic carbocycles. The lowest BCUT2D eigenvalue weighted by Gasteiger charge is -2.21. The molecule has 2 aromatic carbocycles. The van der Waals surface area contributed by atoms with E-state index in [0.29, 0.717) is 10.5 Å². The first-order valence-electron chi connectivity index (χ1n) is 11.5. The molecule has 0 amide bonds. The van der Waals surface area contributed by atoms with Gasteiger partial charge in [-0.1, -0.05) is 12.1 Å². The van der Waals surface area contributed by atoms with Crippen LogP contribution in [-0.2, 0) is 36.1 Å². The van der Waals surface area contributed by atoms with Gasteiger partial charge in [-0.3, -0.25) is 14.3 Å². The topological polar surface area (TPSA) is 240 Å². The predicted octanol–water partition coefficient (Wildman–Crippen LogP) is 2.38. The molecule has 1 saturated heterocycles. The highest BCUT2D eigenvalue weighted by Gasteiger charge is 2.47. The predicted molar refractivity (Wildman–Crippen MR) is 137 cm³/mol. The van der Waals surface area contributed by atoms with Crippen LogP contribution in [0.15, 0.2) is 48.5 Å². The summed E-state index contributed by atoms with van der Waals surface area (Å²) in [5.74, 6) is 0.753. The number of aliphatic hydroxyl groups excluding tert-OH is 2. The number of nitrogens with zero attached hydrogens (tertiary/aromatic N) is 1. The average molecular weight is 644 g/mol. The number of hydrogen-bond donors (Lipinski definition) is 6. The van der Waals surface area contributed by atoms with Crippen molar-refractivity contribution in [3.8, 4) is 11.5 Å². The molecule has 2 aromatic rings. The smallest absolute Gasteiger partial charge is 0.490 e. The molecule has 3 rings (SSSR count). The zero-order chi connectivity index (χ0) is 30.6. The maximum Gasteiger partial charge on any atom is 0.490 e. The number of ether oxygens (including phenoxy) is 3. The molecule has 0 aromatic heterocycles. The van der Waals surface area contributed by atoms with Crippen LogP contribution in [0.5, 0.6) is 11.5 Å². The maximum atomic E-state index is 12.3. The zero-order valence-electron chi connectivity index (χ0n) is 21.5. The van der Waals surface area contributed by atoms with Gasteiger partial charge in [-0.2, -0.15) is 8.62 Å². The van der Waals surface area contributed by atoms with Crippen molar-refractivity contribution in [2.45, 2.75) is 37.6 Å². The Bertz CT molecular complexity index is 1360. The van der Waals surface area contributed by atoms with Gasteiger partial charge in [0.2, 0.25) is 6.29 Å². The van der Waals surface area contributed by atoms with Crippen molar-refractivity contribution in [2.75, 3.05) is 13.7 Å². The molecule has 41 heavy (non-hydrogen) atoms. The highest BCUT2D eigenvalue weighted by atomic mass is 31.3. The van der Waals surface area contributed by atoms with Crippen LogP contribution in [-0.4, -0.2) is 79.9 Å². The summed E-state index contributed by atoms with van der Waals surface area (Å²) in [7, 11) is -15.3. The molecule has 8 atom stereocenters. The van der Waals surface area contributed by atoms with Gasteiger partial charge in [0.1, 0.15) is 29.8 Å². The van der Waals surface area contributed by atoms with Crippen molar-refractivity contribution in [3.63, 3.8) is 0 Å². The van der Waals surface area contributed by atoms with E-state index >= 15 is 0 Å². The van der Waals surface area contributed by atoms with Crippen LogP contribution in [0.25, 0.3) is 0 Å². The molecule has 1 fully saturated rings. The lowest BCUT2D eigenvalue weighted by molar-refractivity contribution is -0.706. The van der Waals surface area contributed by atoms with Gasteiger partial charge in [-0.15, -0.1) is 0 Å². The van der Waals surface area contributed by atoms with Crippen molar-refractivity contribution < 1.29 is 80.4 Å². The molecular formula is C21H29NO16P3+. The molecule has 0 radical (unpaired) electrons. The normalized spacial score (nSPS) is 25.8. The summed E-state index contributed by atoms with van der Waals surface area (Å²) in [6, 6.07) is 11.9. The summed E-state index contributed by atoms with van der Waals surface area (Å²) in [6.07, 6.45) is -7.52. The monoisotopic (exact) mass is 644 g/mol. The molecule has 4 unspecified atom stereocenters. The van der Waals surface area contributed by atoms with Crippen LogP contribution in [0, 0.1) is 0 Å². The fourth-order valence-corrected chi connectivity index (χ4v) is 7.21. The number of benzene rings is 2. The Morgan fingerprint density at radius 2 is 1.51 bits per heavy atom. The molecule has 20 heteroatoms. The highest BCUT2D eigenvalue weighted by Crippen LogP contribution is 2.68. The summed E-state index contributed by atoms with van der Waals surface area (Å²) < 4.78 is 70.5. The van der Waals surface area contributed by atoms with E-state index in [2.05, 4.69) is 19.9 Å². The molecule has 0 bridgehead atoms. The number of aliphatic hydroxyl groups is 2. The number of phosphoric ester groups is 2. The van der Waals surface area contributed by atoms with E-state index in [0.717, 1.165) is 0 Å². The highest BCUT2D eigenvalue weighted by molar-refractivity contribution is 7.66. The first-order valence-corrected chi connectivity index (χ1v) is 16.0. The summed E-state index contributed by atoms with van der Waals surface area (Å²) >= 11 is 0. The van der Waals surface area contributed by atoms with Gasteiger partial charge in [0.15, 0.2) is 6.72 Å². The second-order valence-electron chi connectivity index (χ2n) is 8.39. The number of para-hydroxylation sites is 1. The minimum atomic E-state index is -5.80. The molecule has 0 spiro atoms. The van der Waals surface area contributed by atoms with Crippen molar-refractivity contribution in [1.29, 1.82) is 0 Å². The van der Waals surface area contributed by atoms with Crippen LogP contribution in [0.2, 0.25) is 0 Å². The Hall–Kier alpha value is -2.20. The van der Waals surface area contributed by atoms with Crippen molar-refractivity contribution in [2.24, 2.45) is 0 Å². The van der Waals surface area contributed by atoms with E-state index < -0.39 is 60.8 Å². The van der Waals surface area contributed by atoms with Gasteiger partial charge in [0.05, 0.1) is 25.4 Å².